The number of phenolic OH excluding ortho intramolecular Hbond substituents is 3. The molecule has 3 amide bonds. The Morgan fingerprint density at radius 2 is 1.89 bits per heavy atom. The molecule has 0 aromatic heterocycles. The monoisotopic (exact) mass is 673 g/mol. The Morgan fingerprint density at radius 1 is 1.15 bits per heavy atom. The molecule has 3 saturated heterocycles. The highest BCUT2D eigenvalue weighted by molar-refractivity contribution is 8.00. The molecule has 2 aromatic rings. The van der Waals surface area contributed by atoms with Crippen LogP contribution in [0, 0.1) is 0 Å². The van der Waals surface area contributed by atoms with E-state index in [1.165, 1.54) is 41.5 Å². The molecule has 4 aliphatic heterocycles. The molecule has 0 radical (unpaired) electrons. The largest absolute Gasteiger partial charge is 0.508 e. The summed E-state index contributed by atoms with van der Waals surface area (Å²) < 4.78 is 5.75. The lowest BCUT2D eigenvalue weighted by molar-refractivity contribution is -0.938. The normalized spacial score (nSPS) is 25.0. The highest BCUT2D eigenvalue weighted by Crippen LogP contribution is 2.43. The molecule has 6 rings (SSSR count). The number of quaternary nitrogens is 1. The van der Waals surface area contributed by atoms with Crippen LogP contribution in [0.5, 0.6) is 17.2 Å². The quantitative estimate of drug-likeness (QED) is 0.114. The first kappa shape index (κ1) is 33.4. The van der Waals surface area contributed by atoms with Gasteiger partial charge in [0.2, 0.25) is 6.41 Å². The minimum atomic E-state index is -0.656. The number of rotatable bonds is 7. The van der Waals surface area contributed by atoms with Gasteiger partial charge in [0.05, 0.1) is 43.9 Å². The Hall–Kier alpha value is -3.94. The molecule has 12 nitrogen and oxygen atoms in total. The van der Waals surface area contributed by atoms with E-state index < -0.39 is 17.8 Å². The van der Waals surface area contributed by atoms with Crippen molar-refractivity contribution in [2.45, 2.75) is 43.6 Å². The smallest absolute Gasteiger partial charge is 0.355 e. The number of aromatic hydroxyl groups is 3. The van der Waals surface area contributed by atoms with Gasteiger partial charge in [0.15, 0.2) is 11.5 Å². The zero-order chi connectivity index (χ0) is 33.2. The van der Waals surface area contributed by atoms with Crippen molar-refractivity contribution in [1.82, 2.24) is 15.1 Å². The maximum Gasteiger partial charge on any atom is 0.355 e. The molecule has 4 heterocycles. The van der Waals surface area contributed by atoms with Crippen LogP contribution < -0.4 is 5.32 Å². The third-order valence-corrected chi connectivity index (χ3v) is 11.0. The number of aryl methyl sites for hydroxylation is 1. The van der Waals surface area contributed by atoms with Gasteiger partial charge in [-0.05, 0) is 36.2 Å². The van der Waals surface area contributed by atoms with E-state index in [1.54, 1.807) is 17.0 Å². The summed E-state index contributed by atoms with van der Waals surface area (Å²) in [6.07, 6.45) is 3.40. The van der Waals surface area contributed by atoms with Crippen molar-refractivity contribution < 1.29 is 43.7 Å². The number of ether oxygens (including phenoxy) is 1. The zero-order valence-corrected chi connectivity index (χ0v) is 27.2. The van der Waals surface area contributed by atoms with Crippen LogP contribution in [0.2, 0.25) is 5.02 Å². The second kappa shape index (κ2) is 13.8. The van der Waals surface area contributed by atoms with Gasteiger partial charge in [-0.1, -0.05) is 30.7 Å². The molecular weight excluding hydrogens is 636 g/mol. The Morgan fingerprint density at radius 3 is 2.57 bits per heavy atom. The van der Waals surface area contributed by atoms with E-state index in [1.807, 2.05) is 12.1 Å². The number of hydrogen-bond donors (Lipinski definition) is 4. The van der Waals surface area contributed by atoms with Crippen molar-refractivity contribution in [3.63, 3.8) is 0 Å². The van der Waals surface area contributed by atoms with Gasteiger partial charge in [0.25, 0.3) is 11.8 Å². The van der Waals surface area contributed by atoms with Gasteiger partial charge in [-0.15, -0.1) is 11.8 Å². The van der Waals surface area contributed by atoms with E-state index in [4.69, 9.17) is 21.4 Å². The predicted molar refractivity (Wildman–Crippen MR) is 171 cm³/mol. The molecule has 4 aliphatic rings. The fourth-order valence-electron chi connectivity index (χ4n) is 6.78. The number of carbonyl (C=O) groups excluding carboxylic acids is 4. The lowest BCUT2D eigenvalue weighted by Crippen LogP contribution is -2.70. The molecule has 4 atom stereocenters. The SMILES string of the molecule is CCc1ccc(O)cc1.COC(=O)C1=C(C[N+]23CCCC2CN(C(=O)c2ccc(O)c(O)c2Cl)CC3)CSC2C(NC=O)C(=O)N12. The number of phenols is 3. The van der Waals surface area contributed by atoms with Crippen LogP contribution >= 0.6 is 23.4 Å². The molecule has 2 aromatic carbocycles. The first-order valence-electron chi connectivity index (χ1n) is 15.1. The Bertz CT molecular complexity index is 1550. The van der Waals surface area contributed by atoms with Crippen LogP contribution in [0.15, 0.2) is 47.7 Å². The summed E-state index contributed by atoms with van der Waals surface area (Å²) in [6, 6.07) is 9.40. The number of esters is 1. The third-order valence-electron chi connectivity index (χ3n) is 9.30. The summed E-state index contributed by atoms with van der Waals surface area (Å²) >= 11 is 7.66. The zero-order valence-electron chi connectivity index (χ0n) is 25.6. The van der Waals surface area contributed by atoms with E-state index in [9.17, 15) is 29.4 Å². The van der Waals surface area contributed by atoms with Crippen molar-refractivity contribution in [3.8, 4) is 17.2 Å². The fraction of sp³-hybridized carbons (Fsp3) is 0.438. The summed E-state index contributed by atoms with van der Waals surface area (Å²) in [6.45, 7) is 5.15. The van der Waals surface area contributed by atoms with Crippen molar-refractivity contribution in [3.05, 3.63) is 63.8 Å². The lowest BCUT2D eigenvalue weighted by atomic mass is 10.0. The van der Waals surface area contributed by atoms with Crippen molar-refractivity contribution in [2.75, 3.05) is 45.6 Å². The summed E-state index contributed by atoms with van der Waals surface area (Å²) in [4.78, 5) is 52.9. The van der Waals surface area contributed by atoms with E-state index in [-0.39, 0.29) is 45.3 Å². The topological polar surface area (TPSA) is 157 Å². The average molecular weight is 674 g/mol. The average Bonchev–Trinajstić information content (AvgIpc) is 3.48. The van der Waals surface area contributed by atoms with Crippen molar-refractivity contribution >= 4 is 47.6 Å². The van der Waals surface area contributed by atoms with Gasteiger partial charge in [-0.2, -0.15) is 0 Å². The molecule has 4 unspecified atom stereocenters. The minimum Gasteiger partial charge on any atom is -0.508 e. The van der Waals surface area contributed by atoms with Crippen LogP contribution in [0.3, 0.4) is 0 Å². The Balaban J connectivity index is 0.000000400. The Labute approximate surface area is 276 Å². The number of carbonyl (C=O) groups is 4. The predicted octanol–water partition coefficient (Wildman–Crippen LogP) is 2.60. The standard InChI is InChI=1S/C24H27ClN4O7S.C8H10O/c1-36-24(35)19-13(11-37-23-18(26-12-30)22(34)28(19)23)10-29-7-2-3-14(29)9-27(6-8-29)21(33)15-4-5-16(31)20(32)17(15)25;1-2-7-3-5-8(9)6-4-7/h4-5,12,14,18,23H,2-3,6-11H2,1H3,(H2-,26,30,31,32,33);3-6,9H,2H2,1H3/p+1. The van der Waals surface area contributed by atoms with Gasteiger partial charge in [0.1, 0.15) is 35.4 Å². The number of amides is 3. The highest BCUT2D eigenvalue weighted by atomic mass is 35.5. The second-order valence-corrected chi connectivity index (χ2v) is 13.3. The minimum absolute atomic E-state index is 0.132. The number of fused-ring (bicyclic) bond motifs is 2. The molecule has 4 N–H and O–H groups in total. The van der Waals surface area contributed by atoms with Gasteiger partial charge < -0.3 is 34.8 Å². The number of nitrogens with zero attached hydrogens (tertiary/aromatic N) is 3. The molecular formula is C32H38ClN4O8S+. The summed E-state index contributed by atoms with van der Waals surface area (Å²) in [5.41, 5.74) is 2.50. The van der Waals surface area contributed by atoms with E-state index >= 15 is 0 Å². The number of halogens is 1. The first-order valence-corrected chi connectivity index (χ1v) is 16.6. The molecule has 0 saturated carbocycles. The number of hydrogen-bond acceptors (Lipinski definition) is 9. The lowest BCUT2D eigenvalue weighted by Gasteiger charge is -2.51. The molecule has 246 valence electrons. The van der Waals surface area contributed by atoms with Crippen molar-refractivity contribution in [2.24, 2.45) is 0 Å². The third kappa shape index (κ3) is 6.23. The van der Waals surface area contributed by atoms with Gasteiger partial charge in [-0.25, -0.2) is 4.79 Å². The number of methoxy groups -OCH3 is 1. The van der Waals surface area contributed by atoms with Gasteiger partial charge >= 0.3 is 5.97 Å². The maximum atomic E-state index is 13.2. The number of β-lactam (4-membered cyclic amide) rings is 1. The number of thioether (sulfide) groups is 1. The van der Waals surface area contributed by atoms with Crippen molar-refractivity contribution in [1.29, 1.82) is 0 Å². The molecule has 14 heteroatoms. The number of nitrogens with one attached hydrogen (secondary N) is 1. The van der Waals surface area contributed by atoms with Crippen LogP contribution in [0.1, 0.15) is 35.7 Å². The summed E-state index contributed by atoms with van der Waals surface area (Å²) in [7, 11) is 1.29. The van der Waals surface area contributed by atoms with E-state index in [0.717, 1.165) is 31.4 Å². The van der Waals surface area contributed by atoms with Crippen LogP contribution in [-0.4, -0.2) is 117 Å². The Kier molecular flexibility index (Phi) is 10.0. The number of benzene rings is 2. The molecule has 46 heavy (non-hydrogen) atoms. The highest BCUT2D eigenvalue weighted by Gasteiger charge is 2.55. The second-order valence-electron chi connectivity index (χ2n) is 11.8. The van der Waals surface area contributed by atoms with Gasteiger partial charge in [0, 0.05) is 24.2 Å². The molecule has 0 bridgehead atoms. The maximum absolute atomic E-state index is 13.2. The fourth-order valence-corrected chi connectivity index (χ4v) is 8.37. The van der Waals surface area contributed by atoms with E-state index in [2.05, 4.69) is 12.2 Å². The van der Waals surface area contributed by atoms with Crippen LogP contribution in [0.25, 0.3) is 0 Å². The van der Waals surface area contributed by atoms with Crippen LogP contribution in [0.4, 0.5) is 0 Å². The first-order chi connectivity index (χ1) is 22.0. The summed E-state index contributed by atoms with van der Waals surface area (Å²) in [5.74, 6) is -1.23. The molecule has 3 fully saturated rings. The van der Waals surface area contributed by atoms with Gasteiger partial charge in [-0.3, -0.25) is 19.3 Å². The van der Waals surface area contributed by atoms with E-state index in [0.29, 0.717) is 48.6 Å². The number of piperazine rings is 1. The molecule has 0 aliphatic carbocycles. The van der Waals surface area contributed by atoms with Crippen LogP contribution in [-0.2, 0) is 25.5 Å². The summed E-state index contributed by atoms with van der Waals surface area (Å²) in [5, 5.41) is 30.5. The molecule has 0 spiro atoms.